The number of hydrogen-bond donors (Lipinski definition) is 0. The van der Waals surface area contributed by atoms with Gasteiger partial charge in [-0.05, 0) is 99.5 Å². The van der Waals surface area contributed by atoms with Crippen molar-refractivity contribution in [2.24, 2.45) is 0 Å². The molecule has 0 N–H and O–H groups in total. The third kappa shape index (κ3) is 4.87. The Labute approximate surface area is 297 Å². The van der Waals surface area contributed by atoms with Gasteiger partial charge in [0.1, 0.15) is 11.2 Å². The highest BCUT2D eigenvalue weighted by molar-refractivity contribution is 6.17. The largest absolute Gasteiger partial charge is 0.456 e. The van der Waals surface area contributed by atoms with Crippen molar-refractivity contribution in [2.75, 3.05) is 4.90 Å². The first-order chi connectivity index (χ1) is 25.3. The Bertz CT molecular complexity index is 2650. The summed E-state index contributed by atoms with van der Waals surface area (Å²) < 4.78 is 6.65. The van der Waals surface area contributed by atoms with Crippen molar-refractivity contribution >= 4 is 49.8 Å². The van der Waals surface area contributed by atoms with Crippen molar-refractivity contribution in [1.29, 1.82) is 0 Å². The number of anilines is 3. The van der Waals surface area contributed by atoms with Gasteiger partial charge in [-0.2, -0.15) is 0 Å². The number of furan rings is 1. The Hall–Kier alpha value is -6.38. The van der Waals surface area contributed by atoms with Crippen molar-refractivity contribution in [3.05, 3.63) is 199 Å². The summed E-state index contributed by atoms with van der Waals surface area (Å²) in [4.78, 5) is 2.45. The maximum Gasteiger partial charge on any atom is 0.136 e. The summed E-state index contributed by atoms with van der Waals surface area (Å²) in [5, 5.41) is 4.91. The van der Waals surface area contributed by atoms with Gasteiger partial charge in [0.05, 0.1) is 5.69 Å². The smallest absolute Gasteiger partial charge is 0.136 e. The molecule has 2 heteroatoms. The van der Waals surface area contributed by atoms with Gasteiger partial charge >= 0.3 is 0 Å². The van der Waals surface area contributed by atoms with Crippen molar-refractivity contribution in [3.8, 4) is 22.3 Å². The summed E-state index contributed by atoms with van der Waals surface area (Å²) in [6.07, 6.45) is 1.88. The van der Waals surface area contributed by atoms with E-state index in [1.165, 1.54) is 60.8 Å². The minimum absolute atomic E-state index is 0.135. The molecule has 0 bridgehead atoms. The maximum atomic E-state index is 6.65. The molecule has 1 unspecified atom stereocenters. The highest BCUT2D eigenvalue weighted by atomic mass is 16.3. The molecule has 1 aromatic heterocycles. The van der Waals surface area contributed by atoms with Gasteiger partial charge in [-0.25, -0.2) is 0 Å². The number of benzene rings is 8. The number of rotatable bonds is 5. The predicted molar refractivity (Wildman–Crippen MR) is 213 cm³/mol. The number of fused-ring (bicyclic) bond motifs is 7. The molecule has 1 aliphatic carbocycles. The molecule has 1 heterocycles. The fraction of sp³-hybridized carbons (Fsp3) is 0.0612. The molecule has 9 aromatic rings. The zero-order chi connectivity index (χ0) is 33.7. The van der Waals surface area contributed by atoms with E-state index in [9.17, 15) is 0 Å². The first kappa shape index (κ1) is 29.5. The summed E-state index contributed by atoms with van der Waals surface area (Å²) >= 11 is 0. The van der Waals surface area contributed by atoms with Gasteiger partial charge in [0.25, 0.3) is 0 Å². The molecule has 1 aliphatic rings. The average molecular weight is 654 g/mol. The van der Waals surface area contributed by atoms with Crippen LogP contribution in [0.25, 0.3) is 55.0 Å². The molecular formula is C49H35NO. The van der Waals surface area contributed by atoms with Gasteiger partial charge in [0.2, 0.25) is 0 Å². The topological polar surface area (TPSA) is 16.4 Å². The van der Waals surface area contributed by atoms with Gasteiger partial charge < -0.3 is 9.32 Å². The van der Waals surface area contributed by atoms with E-state index in [1.807, 2.05) is 0 Å². The van der Waals surface area contributed by atoms with Crippen LogP contribution in [0, 0.1) is 0 Å². The van der Waals surface area contributed by atoms with E-state index in [0.29, 0.717) is 0 Å². The Balaban J connectivity index is 1.36. The monoisotopic (exact) mass is 653 g/mol. The Morgan fingerprint density at radius 2 is 1.14 bits per heavy atom. The van der Waals surface area contributed by atoms with E-state index in [2.05, 4.69) is 187 Å². The lowest BCUT2D eigenvalue weighted by molar-refractivity contribution is 0.667. The van der Waals surface area contributed by atoms with Crippen LogP contribution in [-0.4, -0.2) is 0 Å². The molecule has 0 radical (unpaired) electrons. The van der Waals surface area contributed by atoms with Crippen molar-refractivity contribution in [1.82, 2.24) is 0 Å². The molecule has 0 spiro atoms. The van der Waals surface area contributed by atoms with Crippen LogP contribution in [0.4, 0.5) is 17.1 Å². The molecule has 2 nitrogen and oxygen atoms in total. The molecular weight excluding hydrogens is 619 g/mol. The van der Waals surface area contributed by atoms with Gasteiger partial charge in [0.15, 0.2) is 0 Å². The number of para-hydroxylation sites is 3. The third-order valence-electron chi connectivity index (χ3n) is 10.7. The fourth-order valence-corrected chi connectivity index (χ4v) is 8.56. The van der Waals surface area contributed by atoms with Crippen LogP contribution in [-0.2, 0) is 6.42 Å². The molecule has 242 valence electrons. The highest BCUT2D eigenvalue weighted by Crippen LogP contribution is 2.54. The average Bonchev–Trinajstić information content (AvgIpc) is 3.48. The van der Waals surface area contributed by atoms with E-state index < -0.39 is 0 Å². The minimum Gasteiger partial charge on any atom is -0.456 e. The molecule has 0 fully saturated rings. The molecule has 1 atom stereocenters. The lowest BCUT2D eigenvalue weighted by atomic mass is 9.81. The first-order valence-corrected chi connectivity index (χ1v) is 17.9. The van der Waals surface area contributed by atoms with Gasteiger partial charge in [-0.1, -0.05) is 140 Å². The third-order valence-corrected chi connectivity index (χ3v) is 10.7. The van der Waals surface area contributed by atoms with E-state index in [0.717, 1.165) is 40.8 Å². The zero-order valence-corrected chi connectivity index (χ0v) is 28.2. The molecule has 51 heavy (non-hydrogen) atoms. The highest BCUT2D eigenvalue weighted by Gasteiger charge is 2.33. The van der Waals surface area contributed by atoms with E-state index in [1.54, 1.807) is 0 Å². The second-order valence-corrected chi connectivity index (χ2v) is 13.5. The van der Waals surface area contributed by atoms with Crippen LogP contribution >= 0.6 is 0 Å². The van der Waals surface area contributed by atoms with Crippen LogP contribution in [0.15, 0.2) is 186 Å². The van der Waals surface area contributed by atoms with Gasteiger partial charge in [-0.15, -0.1) is 0 Å². The van der Waals surface area contributed by atoms with Crippen LogP contribution in [0.3, 0.4) is 0 Å². The molecule has 0 aliphatic heterocycles. The summed E-state index contributed by atoms with van der Waals surface area (Å²) in [7, 11) is 0. The van der Waals surface area contributed by atoms with Gasteiger partial charge in [0, 0.05) is 33.6 Å². The molecule has 0 amide bonds. The summed E-state index contributed by atoms with van der Waals surface area (Å²) in [6.45, 7) is 0. The zero-order valence-electron chi connectivity index (χ0n) is 28.2. The maximum absolute atomic E-state index is 6.65. The van der Waals surface area contributed by atoms with Crippen molar-refractivity contribution in [2.45, 2.75) is 18.8 Å². The fourth-order valence-electron chi connectivity index (χ4n) is 8.56. The van der Waals surface area contributed by atoms with E-state index in [4.69, 9.17) is 4.42 Å². The quantitative estimate of drug-likeness (QED) is 0.184. The molecule has 10 rings (SSSR count). The molecule has 0 saturated carbocycles. The normalized spacial score (nSPS) is 13.9. The Morgan fingerprint density at radius 1 is 0.510 bits per heavy atom. The van der Waals surface area contributed by atoms with Crippen LogP contribution in [0.2, 0.25) is 0 Å². The minimum atomic E-state index is 0.135. The van der Waals surface area contributed by atoms with Crippen LogP contribution in [0.5, 0.6) is 0 Å². The Morgan fingerprint density at radius 3 is 1.90 bits per heavy atom. The number of nitrogens with zero attached hydrogens (tertiary/aromatic N) is 1. The Kier molecular flexibility index (Phi) is 7.06. The molecule has 0 saturated heterocycles. The summed E-state index contributed by atoms with van der Waals surface area (Å²) in [6, 6.07) is 66.0. The molecule has 8 aromatic carbocycles. The number of aryl methyl sites for hydroxylation is 1. The summed E-state index contributed by atoms with van der Waals surface area (Å²) in [5.41, 5.74) is 14.4. The summed E-state index contributed by atoms with van der Waals surface area (Å²) in [5.74, 6) is 0.135. The number of hydrogen-bond acceptors (Lipinski definition) is 2. The SMILES string of the molecule is c1ccc(-c2c3c(cc4oc5ccccc5c24)CCC(c2cccc4ccccc24)c2c-3cccc2N(c2ccccc2)c2ccccc2)cc1. The van der Waals surface area contributed by atoms with Crippen LogP contribution < -0.4 is 4.90 Å². The lowest BCUT2D eigenvalue weighted by Crippen LogP contribution is -2.15. The second-order valence-electron chi connectivity index (χ2n) is 13.5. The van der Waals surface area contributed by atoms with E-state index >= 15 is 0 Å². The predicted octanol–water partition coefficient (Wildman–Crippen LogP) is 13.6. The standard InChI is InChI=1S/C49H35NO/c1-4-17-34(18-5-1)47-46-35(32-45-49(47)41-25-12-13-29-44(41)51-45)30-31-40(39-26-14-19-33-16-10-11-24-38(33)39)48-42(46)27-15-28-43(48)50(36-20-6-2-7-21-36)37-22-8-3-9-23-37/h1-29,32,40H,30-31H2. The second kappa shape index (κ2) is 12.2. The lowest BCUT2D eigenvalue weighted by Gasteiger charge is -2.32. The first-order valence-electron chi connectivity index (χ1n) is 17.9. The van der Waals surface area contributed by atoms with Gasteiger partial charge in [-0.3, -0.25) is 0 Å². The van der Waals surface area contributed by atoms with E-state index in [-0.39, 0.29) is 5.92 Å². The van der Waals surface area contributed by atoms with Crippen molar-refractivity contribution < 1.29 is 4.42 Å². The van der Waals surface area contributed by atoms with Crippen LogP contribution in [0.1, 0.15) is 29.0 Å². The van der Waals surface area contributed by atoms with Crippen molar-refractivity contribution in [3.63, 3.8) is 0 Å².